The first-order chi connectivity index (χ1) is 10.6. The summed E-state index contributed by atoms with van der Waals surface area (Å²) in [6.45, 7) is 0.156. The van der Waals surface area contributed by atoms with Crippen LogP contribution < -0.4 is 10.6 Å². The van der Waals surface area contributed by atoms with Crippen molar-refractivity contribution in [3.05, 3.63) is 29.8 Å². The van der Waals surface area contributed by atoms with Crippen LogP contribution in [-0.4, -0.2) is 28.8 Å². The number of aliphatic hydroxyl groups is 1. The van der Waals surface area contributed by atoms with Crippen molar-refractivity contribution in [3.63, 3.8) is 0 Å². The first-order valence-corrected chi connectivity index (χ1v) is 8.16. The van der Waals surface area contributed by atoms with Crippen LogP contribution in [0.15, 0.2) is 24.3 Å². The van der Waals surface area contributed by atoms with Gasteiger partial charge in [0, 0.05) is 12.6 Å². The number of benzene rings is 1. The standard InChI is InChI=1S/C17H26N2O3/c20-15-10-8-13(9-11-15)16(21)12-18-17(22)19-14-6-4-2-1-3-5-7-14/h8-11,14,16,20-21H,1-7,12H2,(H2,18,19,22)/t16-/m0/s1. The van der Waals surface area contributed by atoms with E-state index in [-0.39, 0.29) is 24.4 Å². The molecule has 5 nitrogen and oxygen atoms in total. The van der Waals surface area contributed by atoms with Crippen LogP contribution in [0.4, 0.5) is 4.79 Å². The Kier molecular flexibility index (Phi) is 6.52. The second kappa shape index (κ2) is 8.63. The normalized spacial score (nSPS) is 18.0. The van der Waals surface area contributed by atoms with Gasteiger partial charge in [-0.15, -0.1) is 0 Å². The van der Waals surface area contributed by atoms with Gasteiger partial charge in [0.1, 0.15) is 5.75 Å². The zero-order valence-corrected chi connectivity index (χ0v) is 12.9. The number of rotatable bonds is 4. The number of hydrogen-bond donors (Lipinski definition) is 4. The fourth-order valence-corrected chi connectivity index (χ4v) is 2.84. The summed E-state index contributed by atoms with van der Waals surface area (Å²) >= 11 is 0. The molecule has 122 valence electrons. The van der Waals surface area contributed by atoms with Crippen molar-refractivity contribution in [2.24, 2.45) is 0 Å². The number of carbonyl (C=O) groups excluding carboxylic acids is 1. The molecule has 4 N–H and O–H groups in total. The van der Waals surface area contributed by atoms with E-state index >= 15 is 0 Å². The van der Waals surface area contributed by atoms with E-state index < -0.39 is 6.10 Å². The van der Waals surface area contributed by atoms with Gasteiger partial charge in [-0.05, 0) is 30.5 Å². The van der Waals surface area contributed by atoms with Gasteiger partial charge in [-0.3, -0.25) is 0 Å². The maximum atomic E-state index is 11.9. The third-order valence-corrected chi connectivity index (χ3v) is 4.17. The monoisotopic (exact) mass is 306 g/mol. The Labute approximate surface area is 131 Å². The van der Waals surface area contributed by atoms with Crippen LogP contribution in [0.3, 0.4) is 0 Å². The van der Waals surface area contributed by atoms with Crippen molar-refractivity contribution in [2.45, 2.75) is 57.1 Å². The van der Waals surface area contributed by atoms with Crippen molar-refractivity contribution < 1.29 is 15.0 Å². The van der Waals surface area contributed by atoms with Crippen LogP contribution in [-0.2, 0) is 0 Å². The van der Waals surface area contributed by atoms with Gasteiger partial charge in [0.15, 0.2) is 0 Å². The van der Waals surface area contributed by atoms with E-state index in [1.807, 2.05) is 0 Å². The molecule has 1 fully saturated rings. The van der Waals surface area contributed by atoms with Crippen molar-refractivity contribution >= 4 is 6.03 Å². The minimum absolute atomic E-state index is 0.156. The van der Waals surface area contributed by atoms with Crippen molar-refractivity contribution in [1.82, 2.24) is 10.6 Å². The number of aliphatic hydroxyl groups excluding tert-OH is 1. The Morgan fingerprint density at radius 2 is 1.68 bits per heavy atom. The first-order valence-electron chi connectivity index (χ1n) is 8.16. The van der Waals surface area contributed by atoms with Gasteiger partial charge in [-0.25, -0.2) is 4.79 Å². The molecular formula is C17H26N2O3. The summed E-state index contributed by atoms with van der Waals surface area (Å²) in [6, 6.07) is 6.36. The van der Waals surface area contributed by atoms with E-state index in [4.69, 9.17) is 0 Å². The van der Waals surface area contributed by atoms with Crippen LogP contribution in [0.5, 0.6) is 5.75 Å². The minimum atomic E-state index is -0.774. The zero-order valence-electron chi connectivity index (χ0n) is 12.9. The molecule has 5 heteroatoms. The summed E-state index contributed by atoms with van der Waals surface area (Å²) in [5, 5.41) is 25.0. The molecule has 1 aromatic carbocycles. The van der Waals surface area contributed by atoms with Gasteiger partial charge in [-0.2, -0.15) is 0 Å². The second-order valence-corrected chi connectivity index (χ2v) is 6.00. The van der Waals surface area contributed by atoms with Crippen LogP contribution in [0, 0.1) is 0 Å². The lowest BCUT2D eigenvalue weighted by Crippen LogP contribution is -2.43. The van der Waals surface area contributed by atoms with Gasteiger partial charge in [0.25, 0.3) is 0 Å². The highest BCUT2D eigenvalue weighted by Gasteiger charge is 2.15. The number of nitrogens with one attached hydrogen (secondary N) is 2. The third kappa shape index (κ3) is 5.56. The van der Waals surface area contributed by atoms with Crippen LogP contribution in [0.25, 0.3) is 0 Å². The molecule has 0 aliphatic heterocycles. The molecule has 1 aromatic rings. The van der Waals surface area contributed by atoms with Crippen LogP contribution >= 0.6 is 0 Å². The molecule has 22 heavy (non-hydrogen) atoms. The summed E-state index contributed by atoms with van der Waals surface area (Å²) in [4.78, 5) is 11.9. The summed E-state index contributed by atoms with van der Waals surface area (Å²) in [5.41, 5.74) is 0.670. The van der Waals surface area contributed by atoms with E-state index in [1.165, 1.54) is 44.2 Å². The third-order valence-electron chi connectivity index (χ3n) is 4.17. The molecule has 0 bridgehead atoms. The predicted octanol–water partition coefficient (Wildman–Crippen LogP) is 2.84. The first kappa shape index (κ1) is 16.6. The lowest BCUT2D eigenvalue weighted by atomic mass is 9.97. The molecule has 1 saturated carbocycles. The highest BCUT2D eigenvalue weighted by atomic mass is 16.3. The van der Waals surface area contributed by atoms with Crippen molar-refractivity contribution in [1.29, 1.82) is 0 Å². The molecule has 1 atom stereocenters. The number of hydrogen-bond acceptors (Lipinski definition) is 3. The fourth-order valence-electron chi connectivity index (χ4n) is 2.84. The number of amides is 2. The van der Waals surface area contributed by atoms with Crippen molar-refractivity contribution in [3.8, 4) is 5.75 Å². The van der Waals surface area contributed by atoms with Crippen molar-refractivity contribution in [2.75, 3.05) is 6.54 Å². The minimum Gasteiger partial charge on any atom is -0.508 e. The second-order valence-electron chi connectivity index (χ2n) is 6.00. The predicted molar refractivity (Wildman–Crippen MR) is 85.7 cm³/mol. The summed E-state index contributed by atoms with van der Waals surface area (Å²) in [6.07, 6.45) is 7.43. The fraction of sp³-hybridized carbons (Fsp3) is 0.588. The Morgan fingerprint density at radius 3 is 2.32 bits per heavy atom. The maximum absolute atomic E-state index is 11.9. The molecule has 0 spiro atoms. The zero-order chi connectivity index (χ0) is 15.8. The van der Waals surface area contributed by atoms with Gasteiger partial charge < -0.3 is 20.8 Å². The average molecular weight is 306 g/mol. The number of phenolic OH excluding ortho intramolecular Hbond substituents is 1. The van der Waals surface area contributed by atoms with Gasteiger partial charge in [0.2, 0.25) is 0 Å². The number of phenols is 1. The lowest BCUT2D eigenvalue weighted by molar-refractivity contribution is 0.172. The molecule has 2 amide bonds. The smallest absolute Gasteiger partial charge is 0.315 e. The molecule has 2 rings (SSSR count). The molecule has 0 radical (unpaired) electrons. The van der Waals surface area contributed by atoms with E-state index in [1.54, 1.807) is 12.1 Å². The van der Waals surface area contributed by atoms with E-state index in [9.17, 15) is 15.0 Å². The average Bonchev–Trinajstić information content (AvgIpc) is 2.48. The van der Waals surface area contributed by atoms with E-state index in [0.29, 0.717) is 5.56 Å². The highest BCUT2D eigenvalue weighted by Crippen LogP contribution is 2.17. The maximum Gasteiger partial charge on any atom is 0.315 e. The van der Waals surface area contributed by atoms with Gasteiger partial charge in [0.05, 0.1) is 6.10 Å². The number of urea groups is 1. The Hall–Kier alpha value is -1.75. The summed E-state index contributed by atoms with van der Waals surface area (Å²) in [7, 11) is 0. The number of carbonyl (C=O) groups is 1. The van der Waals surface area contributed by atoms with E-state index in [0.717, 1.165) is 12.8 Å². The topological polar surface area (TPSA) is 81.6 Å². The molecule has 0 saturated heterocycles. The molecular weight excluding hydrogens is 280 g/mol. The molecule has 1 aliphatic rings. The Morgan fingerprint density at radius 1 is 1.09 bits per heavy atom. The molecule has 1 aliphatic carbocycles. The molecule has 0 aromatic heterocycles. The SMILES string of the molecule is O=C(NC[C@H](O)c1ccc(O)cc1)NC1CCCCCCC1. The van der Waals surface area contributed by atoms with E-state index in [2.05, 4.69) is 10.6 Å². The van der Waals surface area contributed by atoms with Crippen LogP contribution in [0.2, 0.25) is 0 Å². The lowest BCUT2D eigenvalue weighted by Gasteiger charge is -2.21. The summed E-state index contributed by atoms with van der Waals surface area (Å²) < 4.78 is 0. The van der Waals surface area contributed by atoms with Gasteiger partial charge >= 0.3 is 6.03 Å². The quantitative estimate of drug-likeness (QED) is 0.690. The molecule has 0 heterocycles. The highest BCUT2D eigenvalue weighted by molar-refractivity contribution is 5.74. The molecule has 0 unspecified atom stereocenters. The Balaban J connectivity index is 1.73. The van der Waals surface area contributed by atoms with Crippen LogP contribution in [0.1, 0.15) is 56.6 Å². The Bertz CT molecular complexity index is 453. The number of aromatic hydroxyl groups is 1. The van der Waals surface area contributed by atoms with Gasteiger partial charge in [-0.1, -0.05) is 44.2 Å². The largest absolute Gasteiger partial charge is 0.508 e. The summed E-state index contributed by atoms with van der Waals surface area (Å²) in [5.74, 6) is 0.158.